The van der Waals surface area contributed by atoms with Crippen molar-refractivity contribution in [1.29, 1.82) is 0 Å². The summed E-state index contributed by atoms with van der Waals surface area (Å²) in [5.74, 6) is -0.818. The summed E-state index contributed by atoms with van der Waals surface area (Å²) >= 11 is 2.85. The monoisotopic (exact) mass is 445 g/mol. The Balaban J connectivity index is 1.52. The van der Waals surface area contributed by atoms with Crippen LogP contribution in [-0.4, -0.2) is 46.8 Å². The lowest BCUT2D eigenvalue weighted by Gasteiger charge is -2.06. The molecule has 0 aliphatic carbocycles. The molecule has 0 saturated carbocycles. The van der Waals surface area contributed by atoms with Crippen molar-refractivity contribution in [2.75, 3.05) is 24.2 Å². The topological polar surface area (TPSA) is 118 Å². The SMILES string of the molecule is CCOc1ccc2nc(SCC(=O)Nc3ccc(C(=O)NCC(=O)O)cc3)sc2c1. The Labute approximate surface area is 180 Å². The van der Waals surface area contributed by atoms with E-state index in [-0.39, 0.29) is 11.7 Å². The number of aromatic nitrogens is 1. The first-order chi connectivity index (χ1) is 14.4. The quantitative estimate of drug-likeness (QED) is 0.433. The first-order valence-electron chi connectivity index (χ1n) is 9.00. The van der Waals surface area contributed by atoms with Gasteiger partial charge in [0, 0.05) is 11.3 Å². The molecule has 2 aromatic carbocycles. The molecule has 0 saturated heterocycles. The number of carbonyl (C=O) groups is 3. The third-order valence-corrected chi connectivity index (χ3v) is 5.97. The first kappa shape index (κ1) is 21.6. The normalized spacial score (nSPS) is 10.6. The van der Waals surface area contributed by atoms with E-state index < -0.39 is 18.4 Å². The Bertz CT molecular complexity index is 1070. The number of thioether (sulfide) groups is 1. The number of carbonyl (C=O) groups excluding carboxylic acids is 2. The highest BCUT2D eigenvalue weighted by molar-refractivity contribution is 8.01. The van der Waals surface area contributed by atoms with Crippen LogP contribution in [0, 0.1) is 0 Å². The zero-order valence-corrected chi connectivity index (χ0v) is 17.6. The van der Waals surface area contributed by atoms with Crippen LogP contribution in [0.3, 0.4) is 0 Å². The third kappa shape index (κ3) is 5.94. The average Bonchev–Trinajstić information content (AvgIpc) is 3.13. The number of carboxylic acids is 1. The Hall–Kier alpha value is -3.11. The van der Waals surface area contributed by atoms with Gasteiger partial charge in [-0.1, -0.05) is 11.8 Å². The van der Waals surface area contributed by atoms with E-state index in [4.69, 9.17) is 9.84 Å². The molecule has 0 unspecified atom stereocenters. The van der Waals surface area contributed by atoms with Crippen LogP contribution in [-0.2, 0) is 9.59 Å². The second-order valence-electron chi connectivity index (χ2n) is 6.03. The number of nitrogens with zero attached hydrogens (tertiary/aromatic N) is 1. The molecule has 156 valence electrons. The highest BCUT2D eigenvalue weighted by atomic mass is 32.2. The van der Waals surface area contributed by atoms with E-state index in [0.29, 0.717) is 17.9 Å². The maximum Gasteiger partial charge on any atom is 0.322 e. The second-order valence-corrected chi connectivity index (χ2v) is 8.29. The standard InChI is InChI=1S/C20H19N3O5S2/c1-2-28-14-7-8-15-16(9-14)30-20(23-15)29-11-17(24)22-13-5-3-12(4-6-13)19(27)21-10-18(25)26/h3-9H,2,10-11H2,1H3,(H,21,27)(H,22,24)(H,25,26). The molecule has 10 heteroatoms. The maximum absolute atomic E-state index is 12.2. The fourth-order valence-electron chi connectivity index (χ4n) is 2.49. The van der Waals surface area contributed by atoms with Gasteiger partial charge in [-0.2, -0.15) is 0 Å². The van der Waals surface area contributed by atoms with Crippen LogP contribution in [0.1, 0.15) is 17.3 Å². The molecular weight excluding hydrogens is 426 g/mol. The molecule has 30 heavy (non-hydrogen) atoms. The number of rotatable bonds is 9. The van der Waals surface area contributed by atoms with Crippen molar-refractivity contribution in [3.8, 4) is 5.75 Å². The van der Waals surface area contributed by atoms with Crippen LogP contribution in [0.2, 0.25) is 0 Å². The number of anilines is 1. The highest BCUT2D eigenvalue weighted by Crippen LogP contribution is 2.31. The Kier molecular flexibility index (Phi) is 7.26. The van der Waals surface area contributed by atoms with E-state index >= 15 is 0 Å². The molecule has 0 radical (unpaired) electrons. The Morgan fingerprint density at radius 1 is 1.17 bits per heavy atom. The molecule has 3 rings (SSSR count). The van der Waals surface area contributed by atoms with Gasteiger partial charge in [0.25, 0.3) is 5.91 Å². The van der Waals surface area contributed by atoms with Crippen LogP contribution >= 0.6 is 23.1 Å². The van der Waals surface area contributed by atoms with Crippen molar-refractivity contribution in [2.24, 2.45) is 0 Å². The molecule has 1 heterocycles. The summed E-state index contributed by atoms with van der Waals surface area (Å²) in [6.07, 6.45) is 0. The lowest BCUT2D eigenvalue weighted by atomic mass is 10.2. The highest BCUT2D eigenvalue weighted by Gasteiger charge is 2.10. The fraction of sp³-hybridized carbons (Fsp3) is 0.200. The number of hydrogen-bond donors (Lipinski definition) is 3. The number of carboxylic acid groups (broad SMARTS) is 1. The van der Waals surface area contributed by atoms with Crippen LogP contribution in [0.4, 0.5) is 5.69 Å². The number of fused-ring (bicyclic) bond motifs is 1. The molecule has 0 aliphatic rings. The van der Waals surface area contributed by atoms with Crippen molar-refractivity contribution in [3.05, 3.63) is 48.0 Å². The maximum atomic E-state index is 12.2. The van der Waals surface area contributed by atoms with Gasteiger partial charge in [-0.05, 0) is 49.4 Å². The van der Waals surface area contributed by atoms with Crippen LogP contribution in [0.25, 0.3) is 10.2 Å². The summed E-state index contributed by atoms with van der Waals surface area (Å²) in [6, 6.07) is 11.9. The minimum absolute atomic E-state index is 0.193. The van der Waals surface area contributed by atoms with Gasteiger partial charge in [-0.15, -0.1) is 11.3 Å². The van der Waals surface area contributed by atoms with Crippen molar-refractivity contribution in [1.82, 2.24) is 10.3 Å². The lowest BCUT2D eigenvalue weighted by molar-refractivity contribution is -0.135. The number of ether oxygens (including phenoxy) is 1. The summed E-state index contributed by atoms with van der Waals surface area (Å²) in [5.41, 5.74) is 1.72. The number of amides is 2. The van der Waals surface area contributed by atoms with Gasteiger partial charge in [0.2, 0.25) is 5.91 Å². The van der Waals surface area contributed by atoms with Gasteiger partial charge >= 0.3 is 5.97 Å². The van der Waals surface area contributed by atoms with Crippen LogP contribution in [0.5, 0.6) is 5.75 Å². The summed E-state index contributed by atoms with van der Waals surface area (Å²) in [4.78, 5) is 39.0. The number of hydrogen-bond acceptors (Lipinski definition) is 7. The average molecular weight is 446 g/mol. The minimum atomic E-state index is -1.12. The molecule has 0 bridgehead atoms. The largest absolute Gasteiger partial charge is 0.494 e. The van der Waals surface area contributed by atoms with Crippen LogP contribution < -0.4 is 15.4 Å². The first-order valence-corrected chi connectivity index (χ1v) is 10.8. The number of nitrogens with one attached hydrogen (secondary N) is 2. The molecule has 0 atom stereocenters. The van der Waals surface area contributed by atoms with Crippen molar-refractivity contribution in [3.63, 3.8) is 0 Å². The number of thiazole rings is 1. The third-order valence-electron chi connectivity index (χ3n) is 3.81. The Morgan fingerprint density at radius 2 is 1.93 bits per heavy atom. The smallest absolute Gasteiger partial charge is 0.322 e. The molecule has 3 N–H and O–H groups in total. The molecule has 0 aliphatic heterocycles. The summed E-state index contributed by atoms with van der Waals surface area (Å²) in [6.45, 7) is 2.08. The number of aliphatic carboxylic acids is 1. The fourth-order valence-corrected chi connectivity index (χ4v) is 4.39. The molecule has 0 fully saturated rings. The van der Waals surface area contributed by atoms with E-state index in [1.54, 1.807) is 12.1 Å². The summed E-state index contributed by atoms with van der Waals surface area (Å²) < 4.78 is 7.28. The molecule has 2 amide bonds. The summed E-state index contributed by atoms with van der Waals surface area (Å²) in [5, 5.41) is 13.6. The Morgan fingerprint density at radius 3 is 2.63 bits per heavy atom. The zero-order chi connectivity index (χ0) is 21.5. The minimum Gasteiger partial charge on any atom is -0.494 e. The van der Waals surface area contributed by atoms with E-state index in [1.807, 2.05) is 25.1 Å². The molecular formula is C20H19N3O5S2. The predicted octanol–water partition coefficient (Wildman–Crippen LogP) is 3.24. The van der Waals surface area contributed by atoms with E-state index in [2.05, 4.69) is 15.6 Å². The van der Waals surface area contributed by atoms with Crippen molar-refractivity contribution >= 4 is 56.8 Å². The van der Waals surface area contributed by atoms with Gasteiger partial charge in [0.15, 0.2) is 4.34 Å². The summed E-state index contributed by atoms with van der Waals surface area (Å²) in [7, 11) is 0. The molecule has 8 nitrogen and oxygen atoms in total. The second kappa shape index (κ2) is 10.1. The predicted molar refractivity (Wildman–Crippen MR) is 117 cm³/mol. The van der Waals surface area contributed by atoms with Gasteiger partial charge < -0.3 is 20.5 Å². The van der Waals surface area contributed by atoms with Gasteiger partial charge in [0.05, 0.1) is 22.6 Å². The van der Waals surface area contributed by atoms with Gasteiger partial charge in [-0.25, -0.2) is 4.98 Å². The number of benzene rings is 2. The van der Waals surface area contributed by atoms with Crippen molar-refractivity contribution in [2.45, 2.75) is 11.3 Å². The van der Waals surface area contributed by atoms with E-state index in [9.17, 15) is 14.4 Å². The van der Waals surface area contributed by atoms with Crippen LogP contribution in [0.15, 0.2) is 46.8 Å². The zero-order valence-electron chi connectivity index (χ0n) is 16.0. The van der Waals surface area contributed by atoms with E-state index in [0.717, 1.165) is 20.3 Å². The molecule has 3 aromatic rings. The lowest BCUT2D eigenvalue weighted by Crippen LogP contribution is -2.29. The van der Waals surface area contributed by atoms with E-state index in [1.165, 1.54) is 35.2 Å². The molecule has 0 spiro atoms. The van der Waals surface area contributed by atoms with Gasteiger partial charge in [0.1, 0.15) is 12.3 Å². The molecule has 1 aromatic heterocycles. The van der Waals surface area contributed by atoms with Gasteiger partial charge in [-0.3, -0.25) is 14.4 Å². The van der Waals surface area contributed by atoms with Crippen molar-refractivity contribution < 1.29 is 24.2 Å².